The van der Waals surface area contributed by atoms with Gasteiger partial charge in [0, 0.05) is 25.7 Å². The molecule has 4 heteroatoms. The van der Waals surface area contributed by atoms with Crippen molar-refractivity contribution in [1.82, 2.24) is 9.80 Å². The van der Waals surface area contributed by atoms with Crippen molar-refractivity contribution in [2.24, 2.45) is 5.92 Å². The van der Waals surface area contributed by atoms with Gasteiger partial charge in [-0.25, -0.2) is 0 Å². The summed E-state index contributed by atoms with van der Waals surface area (Å²) in [5.41, 5.74) is 0. The van der Waals surface area contributed by atoms with E-state index in [1.807, 2.05) is 0 Å². The number of rotatable bonds is 4. The van der Waals surface area contributed by atoms with E-state index >= 15 is 0 Å². The first-order valence-electron chi connectivity index (χ1n) is 7.35. The number of hydrogen-bond acceptors (Lipinski definition) is 3. The highest BCUT2D eigenvalue weighted by Gasteiger charge is 2.27. The Hall–Kier alpha value is -0.610. The minimum absolute atomic E-state index is 0.200. The van der Waals surface area contributed by atoms with Gasteiger partial charge in [0.05, 0.1) is 6.54 Å². The molecule has 4 nitrogen and oxygen atoms in total. The highest BCUT2D eigenvalue weighted by atomic mass is 16.4. The molecule has 0 aromatic rings. The molecule has 1 atom stereocenters. The zero-order chi connectivity index (χ0) is 13.0. The molecular formula is C14H26N2O2. The Morgan fingerprint density at radius 1 is 1.17 bits per heavy atom. The molecule has 2 fully saturated rings. The van der Waals surface area contributed by atoms with Crippen LogP contribution in [0, 0.1) is 5.92 Å². The van der Waals surface area contributed by atoms with Crippen LogP contribution in [0.3, 0.4) is 0 Å². The Morgan fingerprint density at radius 2 is 1.89 bits per heavy atom. The van der Waals surface area contributed by atoms with Crippen LogP contribution < -0.4 is 0 Å². The van der Waals surface area contributed by atoms with Crippen LogP contribution in [0.1, 0.15) is 39.0 Å². The molecule has 1 saturated carbocycles. The molecule has 2 aliphatic rings. The molecular weight excluding hydrogens is 228 g/mol. The number of nitrogens with zero attached hydrogens (tertiary/aromatic N) is 2. The van der Waals surface area contributed by atoms with Gasteiger partial charge < -0.3 is 5.11 Å². The monoisotopic (exact) mass is 254 g/mol. The van der Waals surface area contributed by atoms with E-state index in [4.69, 9.17) is 5.11 Å². The molecule has 1 unspecified atom stereocenters. The molecule has 0 bridgehead atoms. The Morgan fingerprint density at radius 3 is 2.56 bits per heavy atom. The van der Waals surface area contributed by atoms with Crippen LogP contribution in [0.4, 0.5) is 0 Å². The molecule has 0 spiro atoms. The van der Waals surface area contributed by atoms with E-state index in [2.05, 4.69) is 16.7 Å². The average Bonchev–Trinajstić information content (AvgIpc) is 2.76. The second-order valence-corrected chi connectivity index (χ2v) is 5.84. The van der Waals surface area contributed by atoms with Crippen LogP contribution in [-0.4, -0.2) is 59.6 Å². The minimum Gasteiger partial charge on any atom is -0.480 e. The van der Waals surface area contributed by atoms with Crippen LogP contribution in [0.5, 0.6) is 0 Å². The van der Waals surface area contributed by atoms with Gasteiger partial charge in [-0.05, 0) is 38.6 Å². The van der Waals surface area contributed by atoms with E-state index in [0.717, 1.165) is 38.5 Å². The van der Waals surface area contributed by atoms with Gasteiger partial charge in [0.15, 0.2) is 0 Å². The highest BCUT2D eigenvalue weighted by molar-refractivity contribution is 5.69. The van der Waals surface area contributed by atoms with Gasteiger partial charge in [0.25, 0.3) is 0 Å². The molecule has 18 heavy (non-hydrogen) atoms. The molecule has 0 radical (unpaired) electrons. The van der Waals surface area contributed by atoms with E-state index < -0.39 is 5.97 Å². The molecule has 1 heterocycles. The molecule has 1 aliphatic carbocycles. The number of carbonyl (C=O) groups is 1. The maximum Gasteiger partial charge on any atom is 0.317 e. The smallest absolute Gasteiger partial charge is 0.317 e. The Labute approximate surface area is 110 Å². The summed E-state index contributed by atoms with van der Waals surface area (Å²) in [6.45, 7) is 6.57. The summed E-state index contributed by atoms with van der Waals surface area (Å²) in [5.74, 6) is 0.170. The van der Waals surface area contributed by atoms with E-state index in [1.54, 1.807) is 0 Å². The van der Waals surface area contributed by atoms with Crippen molar-refractivity contribution >= 4 is 5.97 Å². The van der Waals surface area contributed by atoms with Gasteiger partial charge in [-0.2, -0.15) is 0 Å². The van der Waals surface area contributed by atoms with Gasteiger partial charge in [-0.3, -0.25) is 14.6 Å². The summed E-state index contributed by atoms with van der Waals surface area (Å²) < 4.78 is 0. The Bertz CT molecular complexity index is 277. The van der Waals surface area contributed by atoms with Crippen LogP contribution in [0.2, 0.25) is 0 Å². The first kappa shape index (κ1) is 13.8. The second-order valence-electron chi connectivity index (χ2n) is 5.84. The molecule has 2 rings (SSSR count). The summed E-state index contributed by atoms with van der Waals surface area (Å²) in [5, 5.41) is 8.85. The lowest BCUT2D eigenvalue weighted by Crippen LogP contribution is -2.40. The number of aliphatic carboxylic acids is 1. The molecule has 0 aromatic heterocycles. The van der Waals surface area contributed by atoms with Crippen LogP contribution >= 0.6 is 0 Å². The van der Waals surface area contributed by atoms with Crippen molar-refractivity contribution in [2.75, 3.05) is 32.7 Å². The van der Waals surface area contributed by atoms with E-state index in [9.17, 15) is 4.79 Å². The lowest BCUT2D eigenvalue weighted by Gasteiger charge is -2.32. The predicted molar refractivity (Wildman–Crippen MR) is 71.7 cm³/mol. The maximum atomic E-state index is 10.7. The molecule has 0 aromatic carbocycles. The lowest BCUT2D eigenvalue weighted by molar-refractivity contribution is -0.138. The summed E-state index contributed by atoms with van der Waals surface area (Å²) in [6.07, 6.45) is 6.67. The summed E-state index contributed by atoms with van der Waals surface area (Å²) >= 11 is 0. The molecule has 104 valence electrons. The van der Waals surface area contributed by atoms with Crippen LogP contribution in [0.25, 0.3) is 0 Å². The fourth-order valence-corrected chi connectivity index (χ4v) is 3.49. The normalized spacial score (nSPS) is 26.1. The maximum absolute atomic E-state index is 10.7. The number of hydrogen-bond donors (Lipinski definition) is 1. The molecule has 1 saturated heterocycles. The van der Waals surface area contributed by atoms with Crippen molar-refractivity contribution in [3.63, 3.8) is 0 Å². The van der Waals surface area contributed by atoms with Gasteiger partial charge in [-0.15, -0.1) is 0 Å². The second kappa shape index (κ2) is 6.53. The van der Waals surface area contributed by atoms with Crippen molar-refractivity contribution in [3.05, 3.63) is 0 Å². The summed E-state index contributed by atoms with van der Waals surface area (Å²) in [6, 6.07) is 0.678. The highest BCUT2D eigenvalue weighted by Crippen LogP contribution is 2.30. The number of carboxylic acids is 1. The first-order valence-corrected chi connectivity index (χ1v) is 7.35. The minimum atomic E-state index is -0.702. The van der Waals surface area contributed by atoms with Gasteiger partial charge >= 0.3 is 5.97 Å². The Balaban J connectivity index is 1.82. The number of carboxylic acid groups (broad SMARTS) is 1. The quantitative estimate of drug-likeness (QED) is 0.828. The molecule has 0 amide bonds. The predicted octanol–water partition coefficient (Wildman–Crippen LogP) is 1.66. The van der Waals surface area contributed by atoms with Crippen LogP contribution in [-0.2, 0) is 4.79 Å². The fraction of sp³-hybridized carbons (Fsp3) is 0.929. The standard InChI is InChI=1S/C14H26N2O2/c1-12(13-5-2-3-6-13)16-8-4-7-15(9-10-16)11-14(17)18/h12-13H,2-11H2,1H3,(H,17,18). The zero-order valence-corrected chi connectivity index (χ0v) is 11.5. The largest absolute Gasteiger partial charge is 0.480 e. The Kier molecular flexibility index (Phi) is 5.01. The molecule has 1 N–H and O–H groups in total. The van der Waals surface area contributed by atoms with Gasteiger partial charge in [0.1, 0.15) is 0 Å². The molecule has 1 aliphatic heterocycles. The van der Waals surface area contributed by atoms with E-state index in [1.165, 1.54) is 25.7 Å². The van der Waals surface area contributed by atoms with Crippen molar-refractivity contribution in [2.45, 2.75) is 45.1 Å². The van der Waals surface area contributed by atoms with Crippen LogP contribution in [0.15, 0.2) is 0 Å². The topological polar surface area (TPSA) is 43.8 Å². The van der Waals surface area contributed by atoms with E-state index in [0.29, 0.717) is 6.04 Å². The van der Waals surface area contributed by atoms with Crippen molar-refractivity contribution < 1.29 is 9.90 Å². The summed E-state index contributed by atoms with van der Waals surface area (Å²) in [7, 11) is 0. The third kappa shape index (κ3) is 3.69. The average molecular weight is 254 g/mol. The SMILES string of the molecule is CC(C1CCCC1)N1CCCN(CC(=O)O)CC1. The van der Waals surface area contributed by atoms with Gasteiger partial charge in [0.2, 0.25) is 0 Å². The van der Waals surface area contributed by atoms with E-state index in [-0.39, 0.29) is 6.54 Å². The lowest BCUT2D eigenvalue weighted by atomic mass is 9.98. The van der Waals surface area contributed by atoms with Gasteiger partial charge in [-0.1, -0.05) is 12.8 Å². The van der Waals surface area contributed by atoms with Crippen molar-refractivity contribution in [1.29, 1.82) is 0 Å². The third-order valence-electron chi connectivity index (χ3n) is 4.64. The zero-order valence-electron chi connectivity index (χ0n) is 11.5. The fourth-order valence-electron chi connectivity index (χ4n) is 3.49. The van der Waals surface area contributed by atoms with Crippen molar-refractivity contribution in [3.8, 4) is 0 Å². The first-order chi connectivity index (χ1) is 8.66. The third-order valence-corrected chi connectivity index (χ3v) is 4.64. The summed E-state index contributed by atoms with van der Waals surface area (Å²) in [4.78, 5) is 15.4.